The molecular formula is C14H15F2N3O3. The van der Waals surface area contributed by atoms with E-state index in [1.165, 1.54) is 15.9 Å². The van der Waals surface area contributed by atoms with Crippen molar-refractivity contribution in [3.8, 4) is 0 Å². The molecule has 0 saturated carbocycles. The molecule has 1 fully saturated rings. The number of nitrogens with zero attached hydrogens (tertiary/aromatic N) is 2. The van der Waals surface area contributed by atoms with Gasteiger partial charge in [-0.1, -0.05) is 6.07 Å². The zero-order valence-electron chi connectivity index (χ0n) is 11.7. The number of hydrogen-bond donors (Lipinski definition) is 1. The lowest BCUT2D eigenvalue weighted by molar-refractivity contribution is -0.137. The number of benzene rings is 1. The molecule has 1 N–H and O–H groups in total. The van der Waals surface area contributed by atoms with E-state index >= 15 is 0 Å². The summed E-state index contributed by atoms with van der Waals surface area (Å²) in [6.45, 7) is 1.47. The molecule has 22 heavy (non-hydrogen) atoms. The zero-order chi connectivity index (χ0) is 16.1. The van der Waals surface area contributed by atoms with E-state index in [-0.39, 0.29) is 0 Å². The second-order valence-corrected chi connectivity index (χ2v) is 4.84. The van der Waals surface area contributed by atoms with Gasteiger partial charge in [0.25, 0.3) is 0 Å². The predicted molar refractivity (Wildman–Crippen MR) is 73.8 cm³/mol. The second-order valence-electron chi connectivity index (χ2n) is 4.84. The van der Waals surface area contributed by atoms with Gasteiger partial charge in [-0.2, -0.15) is 0 Å². The van der Waals surface area contributed by atoms with Crippen LogP contribution in [0, 0.1) is 11.6 Å². The van der Waals surface area contributed by atoms with Crippen molar-refractivity contribution in [1.29, 1.82) is 0 Å². The quantitative estimate of drug-likeness (QED) is 0.654. The average Bonchev–Trinajstić information content (AvgIpc) is 2.51. The van der Waals surface area contributed by atoms with Crippen LogP contribution in [0.1, 0.15) is 6.42 Å². The highest BCUT2D eigenvalue weighted by Gasteiger charge is 2.22. The maximum atomic E-state index is 13.4. The van der Waals surface area contributed by atoms with Gasteiger partial charge in [-0.3, -0.25) is 14.4 Å². The average molecular weight is 311 g/mol. The number of carbonyl (C=O) groups excluding carboxylic acids is 3. The van der Waals surface area contributed by atoms with Crippen molar-refractivity contribution in [2.75, 3.05) is 31.5 Å². The van der Waals surface area contributed by atoms with Crippen LogP contribution in [0.15, 0.2) is 18.2 Å². The normalized spacial score (nSPS) is 14.6. The highest BCUT2D eigenvalue weighted by atomic mass is 19.1. The molecule has 118 valence electrons. The Morgan fingerprint density at radius 2 is 1.73 bits per heavy atom. The summed E-state index contributed by atoms with van der Waals surface area (Å²) in [6, 6.07) is 3.20. The Labute approximate surface area is 125 Å². The van der Waals surface area contributed by atoms with Gasteiger partial charge >= 0.3 is 0 Å². The van der Waals surface area contributed by atoms with Crippen LogP contribution in [0.5, 0.6) is 0 Å². The summed E-state index contributed by atoms with van der Waals surface area (Å²) in [5.74, 6) is -3.03. The molecule has 6 nitrogen and oxygen atoms in total. The van der Waals surface area contributed by atoms with Gasteiger partial charge in [0.1, 0.15) is 23.7 Å². The molecule has 1 aliphatic heterocycles. The summed E-state index contributed by atoms with van der Waals surface area (Å²) in [5.41, 5.74) is -0.564. The number of halogens is 2. The van der Waals surface area contributed by atoms with E-state index in [1.807, 2.05) is 0 Å². The van der Waals surface area contributed by atoms with E-state index in [9.17, 15) is 23.2 Å². The number of rotatable bonds is 4. The van der Waals surface area contributed by atoms with Crippen LogP contribution in [0.25, 0.3) is 0 Å². The standard InChI is InChI=1S/C14H15F2N3O3/c15-10-2-1-3-11(16)14(10)17-12(21)8-13(22)19-6-4-18(9-20)5-7-19/h1-3,9H,4-8H2,(H,17,21). The number of nitrogens with one attached hydrogen (secondary N) is 1. The molecule has 1 saturated heterocycles. The first kappa shape index (κ1) is 15.9. The molecule has 0 radical (unpaired) electrons. The first-order valence-electron chi connectivity index (χ1n) is 6.72. The smallest absolute Gasteiger partial charge is 0.233 e. The van der Waals surface area contributed by atoms with Gasteiger partial charge < -0.3 is 15.1 Å². The highest BCUT2D eigenvalue weighted by molar-refractivity contribution is 6.03. The summed E-state index contributed by atoms with van der Waals surface area (Å²) < 4.78 is 26.8. The van der Waals surface area contributed by atoms with E-state index in [0.717, 1.165) is 12.1 Å². The first-order valence-corrected chi connectivity index (χ1v) is 6.72. The minimum absolute atomic E-state index is 0.332. The molecular weight excluding hydrogens is 296 g/mol. The van der Waals surface area contributed by atoms with Crippen molar-refractivity contribution in [2.45, 2.75) is 6.42 Å². The van der Waals surface area contributed by atoms with E-state index in [4.69, 9.17) is 0 Å². The molecule has 0 spiro atoms. The summed E-state index contributed by atoms with van der Waals surface area (Å²) >= 11 is 0. The summed E-state index contributed by atoms with van der Waals surface area (Å²) in [7, 11) is 0. The Bertz CT molecular complexity index is 566. The topological polar surface area (TPSA) is 69.7 Å². The van der Waals surface area contributed by atoms with Crippen molar-refractivity contribution in [3.05, 3.63) is 29.8 Å². The molecule has 1 heterocycles. The third-order valence-corrected chi connectivity index (χ3v) is 3.36. The van der Waals surface area contributed by atoms with Crippen molar-refractivity contribution < 1.29 is 23.2 Å². The van der Waals surface area contributed by atoms with Crippen LogP contribution in [-0.2, 0) is 14.4 Å². The van der Waals surface area contributed by atoms with Crippen LogP contribution >= 0.6 is 0 Å². The largest absolute Gasteiger partial charge is 0.342 e. The fourth-order valence-electron chi connectivity index (χ4n) is 2.13. The van der Waals surface area contributed by atoms with Crippen LogP contribution in [0.2, 0.25) is 0 Å². The Hall–Kier alpha value is -2.51. The number of carbonyl (C=O) groups is 3. The molecule has 0 bridgehead atoms. The molecule has 1 aliphatic rings. The van der Waals surface area contributed by atoms with Crippen molar-refractivity contribution in [1.82, 2.24) is 9.80 Å². The Balaban J connectivity index is 1.89. The SMILES string of the molecule is O=CN1CCN(C(=O)CC(=O)Nc2c(F)cccc2F)CC1. The third-order valence-electron chi connectivity index (χ3n) is 3.36. The third kappa shape index (κ3) is 3.78. The van der Waals surface area contributed by atoms with Crippen LogP contribution in [0.4, 0.5) is 14.5 Å². The maximum Gasteiger partial charge on any atom is 0.233 e. The van der Waals surface area contributed by atoms with Crippen molar-refractivity contribution in [2.24, 2.45) is 0 Å². The lowest BCUT2D eigenvalue weighted by Crippen LogP contribution is -2.48. The molecule has 3 amide bonds. The second kappa shape index (κ2) is 6.97. The lowest BCUT2D eigenvalue weighted by atomic mass is 10.2. The van der Waals surface area contributed by atoms with Gasteiger partial charge in [0.2, 0.25) is 18.2 Å². The Kier molecular flexibility index (Phi) is 5.03. The zero-order valence-corrected chi connectivity index (χ0v) is 11.7. The van der Waals surface area contributed by atoms with Gasteiger partial charge in [-0.05, 0) is 12.1 Å². The summed E-state index contributed by atoms with van der Waals surface area (Å²) in [6.07, 6.45) is 0.199. The molecule has 0 unspecified atom stereocenters. The molecule has 0 aliphatic carbocycles. The fourth-order valence-corrected chi connectivity index (χ4v) is 2.13. The first-order chi connectivity index (χ1) is 10.5. The van der Waals surface area contributed by atoms with Gasteiger partial charge in [0, 0.05) is 26.2 Å². The number of anilines is 1. The summed E-state index contributed by atoms with van der Waals surface area (Å²) in [4.78, 5) is 37.2. The molecule has 8 heteroatoms. The number of amides is 3. The molecule has 2 rings (SSSR count). The maximum absolute atomic E-state index is 13.4. The van der Waals surface area contributed by atoms with E-state index in [0.29, 0.717) is 32.6 Å². The Morgan fingerprint density at radius 1 is 1.14 bits per heavy atom. The molecule has 1 aromatic carbocycles. The Morgan fingerprint density at radius 3 is 2.27 bits per heavy atom. The fraction of sp³-hybridized carbons (Fsp3) is 0.357. The van der Waals surface area contributed by atoms with Gasteiger partial charge in [0.15, 0.2) is 0 Å². The molecule has 0 aromatic heterocycles. The predicted octanol–water partition coefficient (Wildman–Crippen LogP) is 0.594. The molecule has 0 atom stereocenters. The van der Waals surface area contributed by atoms with E-state index in [2.05, 4.69) is 5.32 Å². The van der Waals surface area contributed by atoms with Crippen LogP contribution in [-0.4, -0.2) is 54.2 Å². The monoisotopic (exact) mass is 311 g/mol. The lowest BCUT2D eigenvalue weighted by Gasteiger charge is -2.32. The van der Waals surface area contributed by atoms with E-state index in [1.54, 1.807) is 0 Å². The summed E-state index contributed by atoms with van der Waals surface area (Å²) in [5, 5.41) is 2.07. The van der Waals surface area contributed by atoms with Crippen molar-refractivity contribution in [3.63, 3.8) is 0 Å². The van der Waals surface area contributed by atoms with Crippen molar-refractivity contribution >= 4 is 23.9 Å². The molecule has 1 aromatic rings. The number of piperazine rings is 1. The minimum atomic E-state index is -0.902. The van der Waals surface area contributed by atoms with E-state index < -0.39 is 35.6 Å². The highest BCUT2D eigenvalue weighted by Crippen LogP contribution is 2.18. The van der Waals surface area contributed by atoms with Crippen LogP contribution in [0.3, 0.4) is 0 Å². The van der Waals surface area contributed by atoms with Gasteiger partial charge in [-0.25, -0.2) is 8.78 Å². The van der Waals surface area contributed by atoms with Gasteiger partial charge in [0.05, 0.1) is 0 Å². The van der Waals surface area contributed by atoms with Crippen LogP contribution < -0.4 is 5.32 Å². The number of para-hydroxylation sites is 1. The number of hydrogen-bond acceptors (Lipinski definition) is 3. The minimum Gasteiger partial charge on any atom is -0.342 e. The van der Waals surface area contributed by atoms with Gasteiger partial charge in [-0.15, -0.1) is 0 Å².